The molecule has 90 valence electrons. The Bertz CT molecular complexity index is 138. The molecule has 0 aromatic carbocycles. The third kappa shape index (κ3) is 5.58. The molecule has 0 saturated heterocycles. The van der Waals surface area contributed by atoms with Gasteiger partial charge < -0.3 is 0 Å². The lowest BCUT2D eigenvalue weighted by Gasteiger charge is -2.29. The second kappa shape index (κ2) is 7.30. The zero-order valence-corrected chi connectivity index (χ0v) is 11.0. The van der Waals surface area contributed by atoms with Crippen molar-refractivity contribution >= 4 is 0 Å². The van der Waals surface area contributed by atoms with E-state index in [2.05, 4.69) is 13.8 Å². The minimum Gasteiger partial charge on any atom is -0.0654 e. The summed E-state index contributed by atoms with van der Waals surface area (Å²) in [5.41, 5.74) is 0.694. The van der Waals surface area contributed by atoms with Gasteiger partial charge in [0, 0.05) is 0 Å². The molecule has 0 bridgehead atoms. The van der Waals surface area contributed by atoms with Crippen LogP contribution in [0.15, 0.2) is 0 Å². The summed E-state index contributed by atoms with van der Waals surface area (Å²) in [6.45, 7) is 4.86. The van der Waals surface area contributed by atoms with E-state index in [1.807, 2.05) is 0 Å². The standard InChI is InChI=1S/C15H30/c1-3-4-9-12-15(2)13-10-7-5-6-8-11-14-15/h3-14H2,1-2H3. The van der Waals surface area contributed by atoms with Gasteiger partial charge in [-0.3, -0.25) is 0 Å². The Morgan fingerprint density at radius 1 is 0.800 bits per heavy atom. The molecule has 0 N–H and O–H groups in total. The molecule has 15 heavy (non-hydrogen) atoms. The van der Waals surface area contributed by atoms with E-state index in [-0.39, 0.29) is 0 Å². The Morgan fingerprint density at radius 3 is 1.87 bits per heavy atom. The van der Waals surface area contributed by atoms with E-state index in [9.17, 15) is 0 Å². The van der Waals surface area contributed by atoms with Gasteiger partial charge in [0.05, 0.1) is 0 Å². The second-order valence-corrected chi connectivity index (χ2v) is 5.89. The highest BCUT2D eigenvalue weighted by Gasteiger charge is 2.23. The molecule has 0 nitrogen and oxygen atoms in total. The first kappa shape index (κ1) is 13.1. The third-order valence-electron chi connectivity index (χ3n) is 4.19. The van der Waals surface area contributed by atoms with Crippen molar-refractivity contribution in [2.24, 2.45) is 5.41 Å². The van der Waals surface area contributed by atoms with Crippen molar-refractivity contribution in [3.8, 4) is 0 Å². The van der Waals surface area contributed by atoms with Gasteiger partial charge in [-0.05, 0) is 24.7 Å². The number of unbranched alkanes of at least 4 members (excludes halogenated alkanes) is 2. The average Bonchev–Trinajstić information content (AvgIpc) is 2.31. The molecule has 0 heterocycles. The van der Waals surface area contributed by atoms with Crippen LogP contribution < -0.4 is 0 Å². The Balaban J connectivity index is 2.31. The van der Waals surface area contributed by atoms with Crippen LogP contribution in [0.3, 0.4) is 0 Å². The maximum atomic E-state index is 2.55. The summed E-state index contributed by atoms with van der Waals surface area (Å²) in [7, 11) is 0. The fourth-order valence-corrected chi connectivity index (χ4v) is 2.99. The Labute approximate surface area is 96.8 Å². The van der Waals surface area contributed by atoms with Gasteiger partial charge in [-0.15, -0.1) is 0 Å². The molecule has 0 aromatic rings. The summed E-state index contributed by atoms with van der Waals surface area (Å²) in [6.07, 6.45) is 17.7. The predicted octanol–water partition coefficient (Wildman–Crippen LogP) is 5.71. The maximum Gasteiger partial charge on any atom is -0.0326 e. The van der Waals surface area contributed by atoms with E-state index in [1.54, 1.807) is 0 Å². The highest BCUT2D eigenvalue weighted by molar-refractivity contribution is 4.75. The number of hydrogen-bond donors (Lipinski definition) is 0. The first-order valence-corrected chi connectivity index (χ1v) is 7.27. The zero-order chi connectivity index (χ0) is 11.0. The van der Waals surface area contributed by atoms with Crippen molar-refractivity contribution in [2.75, 3.05) is 0 Å². The molecular formula is C15H30. The van der Waals surface area contributed by atoms with Crippen LogP contribution in [0.4, 0.5) is 0 Å². The van der Waals surface area contributed by atoms with E-state index in [0.29, 0.717) is 5.41 Å². The van der Waals surface area contributed by atoms with Crippen molar-refractivity contribution in [3.05, 3.63) is 0 Å². The highest BCUT2D eigenvalue weighted by atomic mass is 14.3. The van der Waals surface area contributed by atoms with Crippen LogP contribution in [-0.2, 0) is 0 Å². The normalized spacial score (nSPS) is 22.8. The minimum absolute atomic E-state index is 0.694. The molecule has 1 fully saturated rings. The van der Waals surface area contributed by atoms with Gasteiger partial charge in [0.15, 0.2) is 0 Å². The average molecular weight is 210 g/mol. The van der Waals surface area contributed by atoms with Crippen molar-refractivity contribution in [1.29, 1.82) is 0 Å². The summed E-state index contributed by atoms with van der Waals surface area (Å²) in [5, 5.41) is 0. The number of rotatable bonds is 4. The molecular weight excluding hydrogens is 180 g/mol. The highest BCUT2D eigenvalue weighted by Crippen LogP contribution is 2.37. The van der Waals surface area contributed by atoms with Gasteiger partial charge in [-0.1, -0.05) is 71.6 Å². The minimum atomic E-state index is 0.694. The lowest BCUT2D eigenvalue weighted by molar-refractivity contribution is 0.230. The van der Waals surface area contributed by atoms with Crippen molar-refractivity contribution < 1.29 is 0 Å². The van der Waals surface area contributed by atoms with Crippen LogP contribution in [0.5, 0.6) is 0 Å². The lowest BCUT2D eigenvalue weighted by Crippen LogP contribution is -2.16. The number of hydrogen-bond acceptors (Lipinski definition) is 0. The lowest BCUT2D eigenvalue weighted by atomic mass is 9.76. The van der Waals surface area contributed by atoms with E-state index in [4.69, 9.17) is 0 Å². The van der Waals surface area contributed by atoms with Crippen molar-refractivity contribution in [1.82, 2.24) is 0 Å². The molecule has 0 atom stereocenters. The van der Waals surface area contributed by atoms with Crippen LogP contribution in [0, 0.1) is 5.41 Å². The van der Waals surface area contributed by atoms with Gasteiger partial charge in [0.25, 0.3) is 0 Å². The molecule has 0 amide bonds. The Kier molecular flexibility index (Phi) is 6.36. The Hall–Kier alpha value is 0. The smallest absolute Gasteiger partial charge is 0.0326 e. The van der Waals surface area contributed by atoms with Gasteiger partial charge >= 0.3 is 0 Å². The van der Waals surface area contributed by atoms with Crippen LogP contribution >= 0.6 is 0 Å². The van der Waals surface area contributed by atoms with E-state index in [0.717, 1.165) is 0 Å². The van der Waals surface area contributed by atoms with Crippen LogP contribution in [0.1, 0.15) is 90.9 Å². The maximum absolute atomic E-state index is 2.55. The van der Waals surface area contributed by atoms with E-state index in [1.165, 1.54) is 77.0 Å². The van der Waals surface area contributed by atoms with E-state index < -0.39 is 0 Å². The zero-order valence-electron chi connectivity index (χ0n) is 11.0. The predicted molar refractivity (Wildman–Crippen MR) is 69.2 cm³/mol. The largest absolute Gasteiger partial charge is 0.0654 e. The first-order valence-electron chi connectivity index (χ1n) is 7.27. The van der Waals surface area contributed by atoms with Gasteiger partial charge in [0.1, 0.15) is 0 Å². The molecule has 0 unspecified atom stereocenters. The van der Waals surface area contributed by atoms with Crippen molar-refractivity contribution in [3.63, 3.8) is 0 Å². The molecule has 1 aliphatic carbocycles. The molecule has 1 aliphatic rings. The van der Waals surface area contributed by atoms with Crippen LogP contribution in [0.2, 0.25) is 0 Å². The topological polar surface area (TPSA) is 0 Å². The first-order chi connectivity index (χ1) is 7.27. The van der Waals surface area contributed by atoms with Gasteiger partial charge in [0.2, 0.25) is 0 Å². The quantitative estimate of drug-likeness (QED) is 0.521. The van der Waals surface area contributed by atoms with Crippen LogP contribution in [-0.4, -0.2) is 0 Å². The SMILES string of the molecule is CCCCCC1(C)CCCCCCCC1. The summed E-state index contributed by atoms with van der Waals surface area (Å²) < 4.78 is 0. The fourth-order valence-electron chi connectivity index (χ4n) is 2.99. The second-order valence-electron chi connectivity index (χ2n) is 5.89. The molecule has 1 rings (SSSR count). The third-order valence-corrected chi connectivity index (χ3v) is 4.19. The monoisotopic (exact) mass is 210 g/mol. The molecule has 0 radical (unpaired) electrons. The van der Waals surface area contributed by atoms with Crippen molar-refractivity contribution in [2.45, 2.75) is 90.9 Å². The van der Waals surface area contributed by atoms with Crippen LogP contribution in [0.25, 0.3) is 0 Å². The molecule has 0 aromatic heterocycles. The summed E-state index contributed by atoms with van der Waals surface area (Å²) in [6, 6.07) is 0. The molecule has 0 aliphatic heterocycles. The molecule has 1 saturated carbocycles. The summed E-state index contributed by atoms with van der Waals surface area (Å²) >= 11 is 0. The Morgan fingerprint density at radius 2 is 1.33 bits per heavy atom. The summed E-state index contributed by atoms with van der Waals surface area (Å²) in [4.78, 5) is 0. The molecule has 0 heteroatoms. The summed E-state index contributed by atoms with van der Waals surface area (Å²) in [5.74, 6) is 0. The van der Waals surface area contributed by atoms with Gasteiger partial charge in [-0.25, -0.2) is 0 Å². The fraction of sp³-hybridized carbons (Fsp3) is 1.00. The van der Waals surface area contributed by atoms with Gasteiger partial charge in [-0.2, -0.15) is 0 Å². The van der Waals surface area contributed by atoms with E-state index >= 15 is 0 Å². The molecule has 0 spiro atoms.